The van der Waals surface area contributed by atoms with E-state index >= 15 is 0 Å². The molecule has 1 aliphatic heterocycles. The molecule has 15 heavy (non-hydrogen) atoms. The first-order valence-corrected chi connectivity index (χ1v) is 6.87. The molecule has 1 rings (SSSR count). The van der Waals surface area contributed by atoms with Crippen molar-refractivity contribution in [2.45, 2.75) is 65.8 Å². The van der Waals surface area contributed by atoms with Gasteiger partial charge in [0.15, 0.2) is 0 Å². The Morgan fingerprint density at radius 2 is 1.53 bits per heavy atom. The SMILES string of the molecule is CCC(C)CC(C)CC(C)N1CCCC1. The van der Waals surface area contributed by atoms with Gasteiger partial charge in [0, 0.05) is 6.04 Å². The molecule has 0 aromatic heterocycles. The number of nitrogens with zero attached hydrogens (tertiary/aromatic N) is 1. The molecule has 3 atom stereocenters. The Morgan fingerprint density at radius 1 is 0.933 bits per heavy atom. The summed E-state index contributed by atoms with van der Waals surface area (Å²) in [5.41, 5.74) is 0. The van der Waals surface area contributed by atoms with E-state index in [0.29, 0.717) is 0 Å². The number of rotatable bonds is 6. The minimum Gasteiger partial charge on any atom is -0.301 e. The molecule has 1 fully saturated rings. The fourth-order valence-electron chi connectivity index (χ4n) is 2.86. The van der Waals surface area contributed by atoms with Crippen molar-refractivity contribution in [2.24, 2.45) is 11.8 Å². The highest BCUT2D eigenvalue weighted by molar-refractivity contribution is 4.75. The van der Waals surface area contributed by atoms with Gasteiger partial charge in [-0.2, -0.15) is 0 Å². The van der Waals surface area contributed by atoms with Gasteiger partial charge in [-0.1, -0.05) is 27.2 Å². The van der Waals surface area contributed by atoms with Gasteiger partial charge in [-0.25, -0.2) is 0 Å². The number of hydrogen-bond acceptors (Lipinski definition) is 1. The van der Waals surface area contributed by atoms with Crippen molar-refractivity contribution in [3.8, 4) is 0 Å². The van der Waals surface area contributed by atoms with Crippen molar-refractivity contribution in [2.75, 3.05) is 13.1 Å². The molecule has 1 aliphatic rings. The summed E-state index contributed by atoms with van der Waals surface area (Å²) in [6.07, 6.45) is 6.98. The highest BCUT2D eigenvalue weighted by Gasteiger charge is 2.20. The molecule has 0 amide bonds. The molecule has 0 saturated carbocycles. The zero-order valence-corrected chi connectivity index (χ0v) is 11.1. The van der Waals surface area contributed by atoms with Crippen molar-refractivity contribution >= 4 is 0 Å². The Hall–Kier alpha value is -0.0400. The minimum atomic E-state index is 0.812. The van der Waals surface area contributed by atoms with Crippen LogP contribution >= 0.6 is 0 Å². The Labute approximate surface area is 96.2 Å². The molecular weight excluding hydrogens is 182 g/mol. The first-order chi connectivity index (χ1) is 7.13. The van der Waals surface area contributed by atoms with E-state index in [-0.39, 0.29) is 0 Å². The summed E-state index contributed by atoms with van der Waals surface area (Å²) in [6.45, 7) is 12.2. The Balaban J connectivity index is 2.20. The van der Waals surface area contributed by atoms with Crippen LogP contribution in [0.15, 0.2) is 0 Å². The Bertz CT molecular complexity index is 161. The second kappa shape index (κ2) is 6.52. The molecule has 1 heterocycles. The van der Waals surface area contributed by atoms with Crippen LogP contribution in [0.3, 0.4) is 0 Å². The molecule has 0 N–H and O–H groups in total. The van der Waals surface area contributed by atoms with E-state index in [1.165, 1.54) is 45.2 Å². The smallest absolute Gasteiger partial charge is 0.00694 e. The van der Waals surface area contributed by atoms with Crippen LogP contribution in [0.5, 0.6) is 0 Å². The Morgan fingerprint density at radius 3 is 2.07 bits per heavy atom. The van der Waals surface area contributed by atoms with Gasteiger partial charge in [-0.15, -0.1) is 0 Å². The lowest BCUT2D eigenvalue weighted by Gasteiger charge is -2.27. The third-order valence-electron chi connectivity index (χ3n) is 4.01. The monoisotopic (exact) mass is 211 g/mol. The average molecular weight is 211 g/mol. The van der Waals surface area contributed by atoms with Gasteiger partial charge in [-0.05, 0) is 57.5 Å². The minimum absolute atomic E-state index is 0.812. The summed E-state index contributed by atoms with van der Waals surface area (Å²) in [5, 5.41) is 0. The molecule has 90 valence electrons. The van der Waals surface area contributed by atoms with E-state index in [1.54, 1.807) is 0 Å². The molecule has 0 bridgehead atoms. The van der Waals surface area contributed by atoms with Crippen molar-refractivity contribution in [1.29, 1.82) is 0 Å². The predicted molar refractivity (Wildman–Crippen MR) is 68.1 cm³/mol. The lowest BCUT2D eigenvalue weighted by molar-refractivity contribution is 0.213. The van der Waals surface area contributed by atoms with Crippen LogP contribution in [0.4, 0.5) is 0 Å². The van der Waals surface area contributed by atoms with Crippen LogP contribution in [0, 0.1) is 11.8 Å². The molecule has 0 aromatic rings. The maximum Gasteiger partial charge on any atom is 0.00694 e. The van der Waals surface area contributed by atoms with Gasteiger partial charge in [0.25, 0.3) is 0 Å². The first-order valence-electron chi connectivity index (χ1n) is 6.87. The highest BCUT2D eigenvalue weighted by Crippen LogP contribution is 2.22. The molecule has 1 heteroatoms. The molecule has 0 radical (unpaired) electrons. The van der Waals surface area contributed by atoms with Crippen molar-refractivity contribution in [1.82, 2.24) is 4.90 Å². The average Bonchev–Trinajstić information content (AvgIpc) is 2.70. The lowest BCUT2D eigenvalue weighted by Crippen LogP contribution is -2.31. The zero-order chi connectivity index (χ0) is 11.3. The van der Waals surface area contributed by atoms with E-state index in [0.717, 1.165) is 17.9 Å². The number of hydrogen-bond donors (Lipinski definition) is 0. The van der Waals surface area contributed by atoms with E-state index in [9.17, 15) is 0 Å². The van der Waals surface area contributed by atoms with Crippen LogP contribution in [0.1, 0.15) is 59.8 Å². The van der Waals surface area contributed by atoms with Crippen LogP contribution in [-0.4, -0.2) is 24.0 Å². The highest BCUT2D eigenvalue weighted by atomic mass is 15.2. The molecule has 1 nitrogen and oxygen atoms in total. The molecule has 0 aliphatic carbocycles. The van der Waals surface area contributed by atoms with Gasteiger partial charge in [0.05, 0.1) is 0 Å². The van der Waals surface area contributed by atoms with Crippen LogP contribution < -0.4 is 0 Å². The Kier molecular flexibility index (Phi) is 5.66. The van der Waals surface area contributed by atoms with E-state index in [4.69, 9.17) is 0 Å². The van der Waals surface area contributed by atoms with Gasteiger partial charge in [-0.3, -0.25) is 0 Å². The van der Waals surface area contributed by atoms with Crippen molar-refractivity contribution in [3.05, 3.63) is 0 Å². The van der Waals surface area contributed by atoms with Gasteiger partial charge in [0.1, 0.15) is 0 Å². The zero-order valence-electron chi connectivity index (χ0n) is 11.1. The second-order valence-corrected chi connectivity index (χ2v) is 5.68. The first kappa shape index (κ1) is 13.0. The quantitative estimate of drug-likeness (QED) is 0.643. The summed E-state index contributed by atoms with van der Waals surface area (Å²) in [6, 6.07) is 0.812. The summed E-state index contributed by atoms with van der Waals surface area (Å²) in [5.74, 6) is 1.81. The molecular formula is C14H29N. The van der Waals surface area contributed by atoms with E-state index < -0.39 is 0 Å². The third kappa shape index (κ3) is 4.55. The fraction of sp³-hybridized carbons (Fsp3) is 1.00. The number of likely N-dealkylation sites (tertiary alicyclic amines) is 1. The van der Waals surface area contributed by atoms with Crippen LogP contribution in [-0.2, 0) is 0 Å². The van der Waals surface area contributed by atoms with Crippen LogP contribution in [0.2, 0.25) is 0 Å². The summed E-state index contributed by atoms with van der Waals surface area (Å²) in [4.78, 5) is 2.67. The van der Waals surface area contributed by atoms with Gasteiger partial charge < -0.3 is 4.90 Å². The molecule has 0 aromatic carbocycles. The third-order valence-corrected chi connectivity index (χ3v) is 4.01. The van der Waals surface area contributed by atoms with Gasteiger partial charge >= 0.3 is 0 Å². The molecule has 1 saturated heterocycles. The fourth-order valence-corrected chi connectivity index (χ4v) is 2.86. The standard InChI is InChI=1S/C14H29N/c1-5-12(2)10-13(3)11-14(4)15-8-6-7-9-15/h12-14H,5-11H2,1-4H3. The summed E-state index contributed by atoms with van der Waals surface area (Å²) < 4.78 is 0. The largest absolute Gasteiger partial charge is 0.301 e. The van der Waals surface area contributed by atoms with Crippen LogP contribution in [0.25, 0.3) is 0 Å². The molecule has 3 unspecified atom stereocenters. The summed E-state index contributed by atoms with van der Waals surface area (Å²) >= 11 is 0. The molecule has 0 spiro atoms. The van der Waals surface area contributed by atoms with E-state index in [2.05, 4.69) is 32.6 Å². The van der Waals surface area contributed by atoms with Crippen molar-refractivity contribution in [3.63, 3.8) is 0 Å². The predicted octanol–water partition coefficient (Wildman–Crippen LogP) is 3.93. The summed E-state index contributed by atoms with van der Waals surface area (Å²) in [7, 11) is 0. The second-order valence-electron chi connectivity index (χ2n) is 5.68. The van der Waals surface area contributed by atoms with Crippen molar-refractivity contribution < 1.29 is 0 Å². The maximum atomic E-state index is 2.67. The lowest BCUT2D eigenvalue weighted by atomic mass is 9.90. The van der Waals surface area contributed by atoms with E-state index in [1.807, 2.05) is 0 Å². The maximum absolute atomic E-state index is 2.67. The topological polar surface area (TPSA) is 3.24 Å². The normalized spacial score (nSPS) is 24.0. The van der Waals surface area contributed by atoms with Gasteiger partial charge in [0.2, 0.25) is 0 Å².